The van der Waals surface area contributed by atoms with Crippen molar-refractivity contribution in [3.63, 3.8) is 0 Å². The number of para-hydroxylation sites is 1. The third-order valence-electron chi connectivity index (χ3n) is 4.40. The van der Waals surface area contributed by atoms with Gasteiger partial charge in [0.05, 0.1) is 10.7 Å². The van der Waals surface area contributed by atoms with Gasteiger partial charge in [0.1, 0.15) is 10.7 Å². The maximum Gasteiger partial charge on any atom is 0.265 e. The molecule has 0 unspecified atom stereocenters. The van der Waals surface area contributed by atoms with Crippen LogP contribution in [0.4, 0.5) is 15.8 Å². The fourth-order valence-corrected chi connectivity index (χ4v) is 4.38. The first kappa shape index (κ1) is 20.8. The lowest BCUT2D eigenvalue weighted by Crippen LogP contribution is -2.27. The number of benzene rings is 3. The molecule has 1 N–H and O–H groups in total. The van der Waals surface area contributed by atoms with Crippen LogP contribution in [0.15, 0.2) is 71.6 Å². The molecule has 8 heteroatoms. The Morgan fingerprint density at radius 3 is 2.41 bits per heavy atom. The van der Waals surface area contributed by atoms with Crippen LogP contribution in [0.3, 0.4) is 0 Å². The Labute approximate surface area is 173 Å². The van der Waals surface area contributed by atoms with E-state index in [0.717, 1.165) is 4.31 Å². The molecule has 0 aliphatic carbocycles. The molecule has 0 radical (unpaired) electrons. The summed E-state index contributed by atoms with van der Waals surface area (Å²) < 4.78 is 40.7. The lowest BCUT2D eigenvalue weighted by molar-refractivity contribution is 0.102. The first-order valence-corrected chi connectivity index (χ1v) is 10.4. The molecule has 0 aliphatic heterocycles. The van der Waals surface area contributed by atoms with Crippen LogP contribution in [0.1, 0.15) is 15.9 Å². The van der Waals surface area contributed by atoms with Gasteiger partial charge < -0.3 is 5.32 Å². The van der Waals surface area contributed by atoms with Crippen molar-refractivity contribution >= 4 is 38.9 Å². The van der Waals surface area contributed by atoms with Gasteiger partial charge in [0.25, 0.3) is 15.9 Å². The Morgan fingerprint density at radius 2 is 1.72 bits per heavy atom. The van der Waals surface area contributed by atoms with Gasteiger partial charge in [-0.2, -0.15) is 0 Å². The molecule has 0 saturated carbocycles. The topological polar surface area (TPSA) is 66.5 Å². The summed E-state index contributed by atoms with van der Waals surface area (Å²) in [5, 5.41) is 2.59. The first-order chi connectivity index (χ1) is 13.7. The summed E-state index contributed by atoms with van der Waals surface area (Å²) in [4.78, 5) is 12.4. The fourth-order valence-electron chi connectivity index (χ4n) is 2.69. The van der Waals surface area contributed by atoms with Crippen LogP contribution in [0.25, 0.3) is 0 Å². The number of carbonyl (C=O) groups is 1. The SMILES string of the molecule is Cc1ccc(F)cc1NC(=O)c1ccc(Cl)c(S(=O)(=O)N(C)c2ccccc2)c1. The van der Waals surface area contributed by atoms with E-state index in [-0.39, 0.29) is 15.5 Å². The van der Waals surface area contributed by atoms with Crippen LogP contribution < -0.4 is 9.62 Å². The molecule has 0 aromatic heterocycles. The quantitative estimate of drug-likeness (QED) is 0.625. The van der Waals surface area contributed by atoms with E-state index in [9.17, 15) is 17.6 Å². The number of nitrogens with zero attached hydrogens (tertiary/aromatic N) is 1. The molecule has 3 aromatic carbocycles. The highest BCUT2D eigenvalue weighted by Gasteiger charge is 2.25. The smallest absolute Gasteiger partial charge is 0.265 e. The Kier molecular flexibility index (Phi) is 5.91. The van der Waals surface area contributed by atoms with E-state index in [4.69, 9.17) is 11.6 Å². The molecule has 5 nitrogen and oxygen atoms in total. The van der Waals surface area contributed by atoms with E-state index >= 15 is 0 Å². The summed E-state index contributed by atoms with van der Waals surface area (Å²) >= 11 is 6.14. The Balaban J connectivity index is 1.95. The second-order valence-corrected chi connectivity index (χ2v) is 8.71. The van der Waals surface area contributed by atoms with E-state index in [1.54, 1.807) is 37.3 Å². The minimum atomic E-state index is -4.01. The van der Waals surface area contributed by atoms with Gasteiger partial charge in [-0.1, -0.05) is 35.9 Å². The van der Waals surface area contributed by atoms with Crippen LogP contribution >= 0.6 is 11.6 Å². The highest BCUT2D eigenvalue weighted by Crippen LogP contribution is 2.29. The third kappa shape index (κ3) is 4.41. The summed E-state index contributed by atoms with van der Waals surface area (Å²) in [5.74, 6) is -1.07. The average molecular weight is 433 g/mol. The number of anilines is 2. The van der Waals surface area contributed by atoms with Crippen LogP contribution in [0, 0.1) is 12.7 Å². The fraction of sp³-hybridized carbons (Fsp3) is 0.0952. The van der Waals surface area contributed by atoms with Gasteiger partial charge in [-0.25, -0.2) is 12.8 Å². The van der Waals surface area contributed by atoms with Crippen LogP contribution in [-0.2, 0) is 10.0 Å². The summed E-state index contributed by atoms with van der Waals surface area (Å²) in [7, 11) is -2.60. The summed E-state index contributed by atoms with van der Waals surface area (Å²) in [6.07, 6.45) is 0. The Bertz CT molecular complexity index is 1170. The third-order valence-corrected chi connectivity index (χ3v) is 6.67. The second kappa shape index (κ2) is 8.23. The molecule has 0 fully saturated rings. The number of hydrogen-bond donors (Lipinski definition) is 1. The van der Waals surface area contributed by atoms with Gasteiger partial charge in [0.15, 0.2) is 0 Å². The zero-order valence-corrected chi connectivity index (χ0v) is 17.3. The minimum absolute atomic E-state index is 0.00809. The molecule has 0 atom stereocenters. The van der Waals surface area contributed by atoms with Crippen molar-refractivity contribution < 1.29 is 17.6 Å². The van der Waals surface area contributed by atoms with Crippen molar-refractivity contribution in [3.8, 4) is 0 Å². The molecule has 0 saturated heterocycles. The molecule has 29 heavy (non-hydrogen) atoms. The molecule has 0 bridgehead atoms. The van der Waals surface area contributed by atoms with Gasteiger partial charge in [-0.3, -0.25) is 9.10 Å². The van der Waals surface area contributed by atoms with Gasteiger partial charge in [0, 0.05) is 18.3 Å². The van der Waals surface area contributed by atoms with Gasteiger partial charge >= 0.3 is 0 Å². The molecule has 0 aliphatic rings. The van der Waals surface area contributed by atoms with E-state index in [2.05, 4.69) is 5.32 Å². The molecule has 3 rings (SSSR count). The molecular formula is C21H18ClFN2O3S. The lowest BCUT2D eigenvalue weighted by atomic mass is 10.1. The molecule has 0 heterocycles. The number of aryl methyl sites for hydroxylation is 1. The first-order valence-electron chi connectivity index (χ1n) is 8.61. The van der Waals surface area contributed by atoms with Crippen molar-refractivity contribution in [2.75, 3.05) is 16.7 Å². The van der Waals surface area contributed by atoms with Gasteiger partial charge in [-0.15, -0.1) is 0 Å². The number of sulfonamides is 1. The van der Waals surface area contributed by atoms with E-state index in [1.165, 1.54) is 43.4 Å². The Morgan fingerprint density at radius 1 is 1.03 bits per heavy atom. The highest BCUT2D eigenvalue weighted by atomic mass is 35.5. The number of halogens is 2. The monoisotopic (exact) mass is 432 g/mol. The predicted molar refractivity (Wildman–Crippen MR) is 113 cm³/mol. The average Bonchev–Trinajstić information content (AvgIpc) is 2.71. The molecule has 0 spiro atoms. The predicted octanol–water partition coefficient (Wildman–Crippen LogP) is 4.86. The van der Waals surface area contributed by atoms with Crippen LogP contribution in [-0.4, -0.2) is 21.4 Å². The van der Waals surface area contributed by atoms with Crippen LogP contribution in [0.5, 0.6) is 0 Å². The Hall–Kier alpha value is -2.90. The van der Waals surface area contributed by atoms with E-state index in [1.807, 2.05) is 0 Å². The zero-order valence-electron chi connectivity index (χ0n) is 15.7. The second-order valence-electron chi connectivity index (χ2n) is 6.37. The molecular weight excluding hydrogens is 415 g/mol. The summed E-state index contributed by atoms with van der Waals surface area (Å²) in [6, 6.07) is 16.5. The number of nitrogens with one attached hydrogen (secondary N) is 1. The van der Waals surface area contributed by atoms with Crippen molar-refractivity contribution in [1.29, 1.82) is 0 Å². The molecule has 150 valence electrons. The largest absolute Gasteiger partial charge is 0.322 e. The van der Waals surface area contributed by atoms with Crippen molar-refractivity contribution in [2.24, 2.45) is 0 Å². The summed E-state index contributed by atoms with van der Waals surface area (Å²) in [5.41, 5.74) is 1.51. The van der Waals surface area contributed by atoms with Crippen molar-refractivity contribution in [2.45, 2.75) is 11.8 Å². The van der Waals surface area contributed by atoms with Crippen molar-refractivity contribution in [3.05, 3.63) is 88.7 Å². The normalized spacial score (nSPS) is 11.2. The standard InChI is InChI=1S/C21H18ClFN2O3S/c1-14-8-10-16(23)13-19(14)24-21(26)15-9-11-18(22)20(12-15)29(27,28)25(2)17-6-4-3-5-7-17/h3-13H,1-2H3,(H,24,26). The molecule has 3 aromatic rings. The molecule has 1 amide bonds. The maximum atomic E-state index is 13.5. The zero-order chi connectivity index (χ0) is 21.2. The summed E-state index contributed by atoms with van der Waals surface area (Å²) in [6.45, 7) is 1.72. The number of amides is 1. The van der Waals surface area contributed by atoms with Crippen LogP contribution in [0.2, 0.25) is 5.02 Å². The number of hydrogen-bond acceptors (Lipinski definition) is 3. The van der Waals surface area contributed by atoms with E-state index in [0.29, 0.717) is 16.9 Å². The van der Waals surface area contributed by atoms with E-state index < -0.39 is 21.7 Å². The van der Waals surface area contributed by atoms with Crippen molar-refractivity contribution in [1.82, 2.24) is 0 Å². The number of rotatable bonds is 5. The van der Waals surface area contributed by atoms with Gasteiger partial charge in [0.2, 0.25) is 0 Å². The maximum absolute atomic E-state index is 13.5. The minimum Gasteiger partial charge on any atom is -0.322 e. The van der Waals surface area contributed by atoms with Gasteiger partial charge in [-0.05, 0) is 55.0 Å². The lowest BCUT2D eigenvalue weighted by Gasteiger charge is -2.20. The number of carbonyl (C=O) groups excluding carboxylic acids is 1. The highest BCUT2D eigenvalue weighted by molar-refractivity contribution is 7.93.